The molecule has 1 aromatic rings. The van der Waals surface area contributed by atoms with Crippen molar-refractivity contribution in [3.8, 4) is 0 Å². The number of aromatic nitrogens is 2. The van der Waals surface area contributed by atoms with E-state index in [1.807, 2.05) is 6.92 Å². The Morgan fingerprint density at radius 2 is 2.31 bits per heavy atom. The maximum Gasteiger partial charge on any atom is 0.226 e. The van der Waals surface area contributed by atoms with Crippen LogP contribution in [0, 0.1) is 0 Å². The fourth-order valence-electron chi connectivity index (χ4n) is 1.00. The monoisotopic (exact) mass is 183 g/mol. The highest BCUT2D eigenvalue weighted by molar-refractivity contribution is 4.94. The van der Waals surface area contributed by atoms with Gasteiger partial charge in [0.05, 0.1) is 0 Å². The predicted octanol–water partition coefficient (Wildman–Crippen LogP) is 1.47. The first-order valence-electron chi connectivity index (χ1n) is 4.80. The van der Waals surface area contributed by atoms with Crippen molar-refractivity contribution in [3.05, 3.63) is 11.7 Å². The molecule has 0 saturated carbocycles. The molecule has 1 rings (SSSR count). The number of unbranched alkanes of at least 4 members (excludes halogenated alkanes) is 1. The van der Waals surface area contributed by atoms with E-state index in [1.54, 1.807) is 0 Å². The summed E-state index contributed by atoms with van der Waals surface area (Å²) in [6.45, 7) is 4.70. The Balaban J connectivity index is 2.53. The van der Waals surface area contributed by atoms with Gasteiger partial charge in [-0.2, -0.15) is 4.98 Å². The molecule has 0 aliphatic rings. The van der Waals surface area contributed by atoms with E-state index in [2.05, 4.69) is 17.1 Å². The molecule has 4 nitrogen and oxygen atoms in total. The summed E-state index contributed by atoms with van der Waals surface area (Å²) in [7, 11) is 0. The minimum Gasteiger partial charge on any atom is -0.339 e. The summed E-state index contributed by atoms with van der Waals surface area (Å²) in [5.41, 5.74) is 5.49. The molecule has 0 aliphatic heterocycles. The molecule has 74 valence electrons. The normalized spacial score (nSPS) is 13.2. The van der Waals surface area contributed by atoms with Crippen molar-refractivity contribution >= 4 is 0 Å². The van der Waals surface area contributed by atoms with Crippen molar-refractivity contribution in [2.45, 2.75) is 39.0 Å². The van der Waals surface area contributed by atoms with Crippen LogP contribution in [-0.2, 0) is 6.42 Å². The van der Waals surface area contributed by atoms with Gasteiger partial charge in [-0.3, -0.25) is 0 Å². The zero-order chi connectivity index (χ0) is 9.68. The van der Waals surface area contributed by atoms with Crippen molar-refractivity contribution in [1.29, 1.82) is 0 Å². The molecule has 13 heavy (non-hydrogen) atoms. The molecule has 1 unspecified atom stereocenters. The van der Waals surface area contributed by atoms with Crippen molar-refractivity contribution in [1.82, 2.24) is 10.1 Å². The first-order valence-corrected chi connectivity index (χ1v) is 4.80. The SMILES string of the molecule is CCCCc1nc(C(C)CN)no1. The van der Waals surface area contributed by atoms with Gasteiger partial charge in [-0.1, -0.05) is 25.4 Å². The molecule has 1 atom stereocenters. The van der Waals surface area contributed by atoms with E-state index >= 15 is 0 Å². The number of nitrogens with two attached hydrogens (primary N) is 1. The zero-order valence-corrected chi connectivity index (χ0v) is 8.29. The molecule has 0 aromatic carbocycles. The van der Waals surface area contributed by atoms with Gasteiger partial charge in [-0.05, 0) is 6.42 Å². The van der Waals surface area contributed by atoms with E-state index in [1.165, 1.54) is 0 Å². The van der Waals surface area contributed by atoms with Crippen LogP contribution in [0.2, 0.25) is 0 Å². The fourth-order valence-corrected chi connectivity index (χ4v) is 1.00. The molecule has 0 fully saturated rings. The first kappa shape index (κ1) is 10.2. The topological polar surface area (TPSA) is 64.9 Å². The molecule has 0 spiro atoms. The molecule has 0 radical (unpaired) electrons. The Morgan fingerprint density at radius 3 is 2.92 bits per heavy atom. The third-order valence-electron chi connectivity index (χ3n) is 2.02. The largest absolute Gasteiger partial charge is 0.339 e. The third kappa shape index (κ3) is 2.81. The second kappa shape index (κ2) is 4.97. The Morgan fingerprint density at radius 1 is 1.54 bits per heavy atom. The molecule has 0 saturated heterocycles. The zero-order valence-electron chi connectivity index (χ0n) is 8.29. The van der Waals surface area contributed by atoms with Crippen molar-refractivity contribution in [3.63, 3.8) is 0 Å². The lowest BCUT2D eigenvalue weighted by Gasteiger charge is -1.98. The first-order chi connectivity index (χ1) is 6.27. The van der Waals surface area contributed by atoms with Crippen LogP contribution in [0.1, 0.15) is 44.3 Å². The summed E-state index contributed by atoms with van der Waals surface area (Å²) < 4.78 is 5.07. The van der Waals surface area contributed by atoms with E-state index < -0.39 is 0 Å². The van der Waals surface area contributed by atoms with Crippen LogP contribution in [0.15, 0.2) is 4.52 Å². The minimum atomic E-state index is 0.194. The van der Waals surface area contributed by atoms with Gasteiger partial charge >= 0.3 is 0 Å². The lowest BCUT2D eigenvalue weighted by molar-refractivity contribution is 0.367. The molecule has 0 aliphatic carbocycles. The van der Waals surface area contributed by atoms with Gasteiger partial charge in [0.25, 0.3) is 0 Å². The number of hydrogen-bond donors (Lipinski definition) is 1. The number of aryl methyl sites for hydroxylation is 1. The van der Waals surface area contributed by atoms with Crippen LogP contribution < -0.4 is 5.73 Å². The highest BCUT2D eigenvalue weighted by Gasteiger charge is 2.11. The van der Waals surface area contributed by atoms with Gasteiger partial charge in [0.1, 0.15) is 0 Å². The van der Waals surface area contributed by atoms with Crippen LogP contribution in [0.3, 0.4) is 0 Å². The number of rotatable bonds is 5. The van der Waals surface area contributed by atoms with E-state index in [-0.39, 0.29) is 5.92 Å². The summed E-state index contributed by atoms with van der Waals surface area (Å²) in [5, 5.41) is 3.87. The van der Waals surface area contributed by atoms with Gasteiger partial charge in [0.2, 0.25) is 5.89 Å². The summed E-state index contributed by atoms with van der Waals surface area (Å²) in [6, 6.07) is 0. The highest BCUT2D eigenvalue weighted by atomic mass is 16.5. The molecule has 4 heteroatoms. The fraction of sp³-hybridized carbons (Fsp3) is 0.778. The average molecular weight is 183 g/mol. The summed E-state index contributed by atoms with van der Waals surface area (Å²) in [6.07, 6.45) is 3.11. The maximum atomic E-state index is 5.49. The van der Waals surface area contributed by atoms with Gasteiger partial charge in [-0.25, -0.2) is 0 Å². The molecule has 0 bridgehead atoms. The Hall–Kier alpha value is -0.900. The average Bonchev–Trinajstić information content (AvgIpc) is 2.62. The van der Waals surface area contributed by atoms with Gasteiger partial charge < -0.3 is 10.3 Å². The van der Waals surface area contributed by atoms with Gasteiger partial charge in [0.15, 0.2) is 5.82 Å². The summed E-state index contributed by atoms with van der Waals surface area (Å²) >= 11 is 0. The molecule has 1 heterocycles. The van der Waals surface area contributed by atoms with E-state index in [9.17, 15) is 0 Å². The predicted molar refractivity (Wildman–Crippen MR) is 50.4 cm³/mol. The molecule has 1 aromatic heterocycles. The number of hydrogen-bond acceptors (Lipinski definition) is 4. The molecule has 2 N–H and O–H groups in total. The Labute approximate surface area is 78.5 Å². The van der Waals surface area contributed by atoms with Crippen molar-refractivity contribution in [2.24, 2.45) is 5.73 Å². The van der Waals surface area contributed by atoms with Gasteiger partial charge in [0, 0.05) is 18.9 Å². The lowest BCUT2D eigenvalue weighted by atomic mass is 10.2. The Kier molecular flexibility index (Phi) is 3.89. The van der Waals surface area contributed by atoms with E-state index in [0.717, 1.165) is 31.0 Å². The molecular formula is C9H17N3O. The molecular weight excluding hydrogens is 166 g/mol. The number of nitrogens with zero attached hydrogens (tertiary/aromatic N) is 2. The van der Waals surface area contributed by atoms with E-state index in [0.29, 0.717) is 6.54 Å². The lowest BCUT2D eigenvalue weighted by Crippen LogP contribution is -2.10. The van der Waals surface area contributed by atoms with Crippen molar-refractivity contribution < 1.29 is 4.52 Å². The van der Waals surface area contributed by atoms with Crippen LogP contribution in [0.4, 0.5) is 0 Å². The van der Waals surface area contributed by atoms with Gasteiger partial charge in [-0.15, -0.1) is 0 Å². The molecule has 0 amide bonds. The van der Waals surface area contributed by atoms with Crippen LogP contribution in [0.25, 0.3) is 0 Å². The minimum absolute atomic E-state index is 0.194. The standard InChI is InChI=1S/C9H17N3O/c1-3-4-5-8-11-9(12-13-8)7(2)6-10/h7H,3-6,10H2,1-2H3. The van der Waals surface area contributed by atoms with Crippen LogP contribution in [-0.4, -0.2) is 16.7 Å². The van der Waals surface area contributed by atoms with E-state index in [4.69, 9.17) is 10.3 Å². The summed E-state index contributed by atoms with van der Waals surface area (Å²) in [5.74, 6) is 1.66. The third-order valence-corrected chi connectivity index (χ3v) is 2.02. The quantitative estimate of drug-likeness (QED) is 0.750. The van der Waals surface area contributed by atoms with Crippen LogP contribution in [0.5, 0.6) is 0 Å². The highest BCUT2D eigenvalue weighted by Crippen LogP contribution is 2.10. The summed E-state index contributed by atoms with van der Waals surface area (Å²) in [4.78, 5) is 4.26. The Bertz CT molecular complexity index is 247. The second-order valence-electron chi connectivity index (χ2n) is 3.29. The second-order valence-corrected chi connectivity index (χ2v) is 3.29. The van der Waals surface area contributed by atoms with Crippen LogP contribution >= 0.6 is 0 Å². The maximum absolute atomic E-state index is 5.49. The smallest absolute Gasteiger partial charge is 0.226 e. The van der Waals surface area contributed by atoms with Crippen molar-refractivity contribution in [2.75, 3.05) is 6.54 Å².